The van der Waals surface area contributed by atoms with Gasteiger partial charge >= 0.3 is 0 Å². The summed E-state index contributed by atoms with van der Waals surface area (Å²) in [6, 6.07) is 66.2. The van der Waals surface area contributed by atoms with Gasteiger partial charge in [-0.2, -0.15) is 0 Å². The van der Waals surface area contributed by atoms with Crippen LogP contribution in [0.1, 0.15) is 0 Å². The van der Waals surface area contributed by atoms with Gasteiger partial charge in [-0.1, -0.05) is 140 Å². The highest BCUT2D eigenvalue weighted by Gasteiger charge is 2.31. The van der Waals surface area contributed by atoms with E-state index < -0.39 is 0 Å². The van der Waals surface area contributed by atoms with Crippen molar-refractivity contribution in [1.29, 1.82) is 0 Å². The predicted octanol–water partition coefficient (Wildman–Crippen LogP) is 13.5. The molecular weight excluding hydrogens is 645 g/mol. The van der Waals surface area contributed by atoms with Crippen LogP contribution < -0.4 is 9.80 Å². The third-order valence-electron chi connectivity index (χ3n) is 11.1. The Bertz CT molecular complexity index is 2850. The highest BCUT2D eigenvalue weighted by atomic mass is 16.3. The van der Waals surface area contributed by atoms with Crippen LogP contribution in [0.25, 0.3) is 77.6 Å². The molecule has 53 heavy (non-hydrogen) atoms. The lowest BCUT2D eigenvalue weighted by Crippen LogP contribution is -2.36. The fourth-order valence-corrected chi connectivity index (χ4v) is 8.79. The van der Waals surface area contributed by atoms with Crippen LogP contribution in [-0.2, 0) is 0 Å². The Morgan fingerprint density at radius 2 is 0.774 bits per heavy atom. The molecule has 0 spiro atoms. The van der Waals surface area contributed by atoms with Crippen molar-refractivity contribution in [2.45, 2.75) is 0 Å². The van der Waals surface area contributed by atoms with Crippen molar-refractivity contribution in [3.63, 3.8) is 0 Å². The quantitative estimate of drug-likeness (QED) is 0.185. The molecule has 0 atom stereocenters. The molecule has 1 aliphatic carbocycles. The molecule has 0 fully saturated rings. The predicted molar refractivity (Wildman–Crippen MR) is 221 cm³/mol. The maximum Gasteiger partial charge on any atom is 0.143 e. The summed E-state index contributed by atoms with van der Waals surface area (Å²) in [4.78, 5) is 4.98. The van der Waals surface area contributed by atoms with Crippen molar-refractivity contribution >= 4 is 44.7 Å². The number of furan rings is 1. The first-order chi connectivity index (χ1) is 26.3. The number of rotatable bonds is 3. The van der Waals surface area contributed by atoms with Gasteiger partial charge in [-0.15, -0.1) is 0 Å². The molecule has 0 unspecified atom stereocenters. The molecule has 8 aromatic carbocycles. The van der Waals surface area contributed by atoms with Gasteiger partial charge in [0.05, 0.1) is 11.4 Å². The number of nitrogens with zero attached hydrogens (tertiary/aromatic N) is 2. The summed E-state index contributed by atoms with van der Waals surface area (Å²) in [5.41, 5.74) is 18.7. The van der Waals surface area contributed by atoms with Gasteiger partial charge in [0.15, 0.2) is 0 Å². The summed E-state index contributed by atoms with van der Waals surface area (Å²) >= 11 is 0. The van der Waals surface area contributed by atoms with Crippen molar-refractivity contribution in [3.8, 4) is 55.6 Å². The molecule has 0 saturated carbocycles. The van der Waals surface area contributed by atoms with Crippen LogP contribution >= 0.6 is 0 Å². The lowest BCUT2D eigenvalue weighted by molar-refractivity contribution is 0.670. The lowest BCUT2D eigenvalue weighted by atomic mass is 9.78. The number of benzene rings is 8. The van der Waals surface area contributed by atoms with Crippen LogP contribution in [0.3, 0.4) is 0 Å². The minimum Gasteiger partial charge on any atom is -0.455 e. The molecule has 0 radical (unpaired) electrons. The molecule has 9 aromatic rings. The standard InChI is InChI=1S/C50H34N2O/c1-3-15-33(16-4-1)51-29-30-52(34-17-5-2-6-18-34)47-32-45-37-21-9-10-23-39(37)49-40(35-19-7-8-20-36(35)44(45)31-46(47)51)24-13-25-41(49)43-27-14-26-42-38-22-11-12-28-48(38)53-50(42)43/h1-28,31-32H,29-30H2. The van der Waals surface area contributed by atoms with Crippen LogP contribution in [0.2, 0.25) is 0 Å². The molecule has 3 nitrogen and oxygen atoms in total. The molecular formula is C50H34N2O. The Balaban J connectivity index is 1.22. The first kappa shape index (κ1) is 29.8. The smallest absolute Gasteiger partial charge is 0.143 e. The molecule has 250 valence electrons. The Morgan fingerprint density at radius 1 is 0.340 bits per heavy atom. The van der Waals surface area contributed by atoms with Gasteiger partial charge in [0.25, 0.3) is 0 Å². The molecule has 1 aliphatic heterocycles. The molecule has 0 amide bonds. The molecule has 11 rings (SSSR count). The van der Waals surface area contributed by atoms with E-state index in [1.54, 1.807) is 0 Å². The second kappa shape index (κ2) is 11.9. The van der Waals surface area contributed by atoms with Crippen LogP contribution in [0.5, 0.6) is 0 Å². The monoisotopic (exact) mass is 678 g/mol. The van der Waals surface area contributed by atoms with E-state index in [2.05, 4.69) is 186 Å². The third-order valence-corrected chi connectivity index (χ3v) is 11.1. The number of anilines is 4. The molecule has 3 heteroatoms. The van der Waals surface area contributed by atoms with Crippen molar-refractivity contribution in [2.24, 2.45) is 0 Å². The summed E-state index contributed by atoms with van der Waals surface area (Å²) < 4.78 is 6.65. The Kier molecular flexibility index (Phi) is 6.68. The molecule has 2 heterocycles. The number of para-hydroxylation sites is 4. The fourth-order valence-electron chi connectivity index (χ4n) is 8.79. The first-order valence-corrected chi connectivity index (χ1v) is 18.4. The molecule has 0 N–H and O–H groups in total. The van der Waals surface area contributed by atoms with E-state index in [-0.39, 0.29) is 0 Å². The van der Waals surface area contributed by atoms with Gasteiger partial charge in [-0.3, -0.25) is 0 Å². The zero-order valence-corrected chi connectivity index (χ0v) is 29.0. The second-order valence-corrected chi connectivity index (χ2v) is 14.0. The average Bonchev–Trinajstić information content (AvgIpc) is 3.62. The molecule has 0 saturated heterocycles. The summed E-state index contributed by atoms with van der Waals surface area (Å²) in [5.74, 6) is 0. The van der Waals surface area contributed by atoms with Gasteiger partial charge < -0.3 is 14.2 Å². The highest BCUT2D eigenvalue weighted by molar-refractivity contribution is 6.14. The maximum absolute atomic E-state index is 6.65. The van der Waals surface area contributed by atoms with Crippen molar-refractivity contribution < 1.29 is 4.42 Å². The van der Waals surface area contributed by atoms with Crippen LogP contribution in [0.15, 0.2) is 186 Å². The Labute approximate surface area is 308 Å². The normalized spacial score (nSPS) is 13.1. The Morgan fingerprint density at radius 3 is 1.42 bits per heavy atom. The van der Waals surface area contributed by atoms with Gasteiger partial charge in [0.1, 0.15) is 11.2 Å². The summed E-state index contributed by atoms with van der Waals surface area (Å²) in [6.45, 7) is 1.75. The summed E-state index contributed by atoms with van der Waals surface area (Å²) in [6.07, 6.45) is 0. The number of hydrogen-bond donors (Lipinski definition) is 0. The second-order valence-electron chi connectivity index (χ2n) is 14.0. The topological polar surface area (TPSA) is 19.6 Å². The maximum atomic E-state index is 6.65. The Hall–Kier alpha value is -6.84. The third kappa shape index (κ3) is 4.60. The van der Waals surface area contributed by atoms with Crippen molar-refractivity contribution in [3.05, 3.63) is 182 Å². The minimum absolute atomic E-state index is 0.872. The lowest BCUT2D eigenvalue weighted by Gasteiger charge is -2.40. The van der Waals surface area contributed by atoms with Crippen molar-refractivity contribution in [2.75, 3.05) is 22.9 Å². The summed E-state index contributed by atoms with van der Waals surface area (Å²) in [7, 11) is 0. The fraction of sp³-hybridized carbons (Fsp3) is 0.0400. The van der Waals surface area contributed by atoms with Crippen molar-refractivity contribution in [1.82, 2.24) is 0 Å². The van der Waals surface area contributed by atoms with Crippen LogP contribution in [0.4, 0.5) is 22.7 Å². The van der Waals surface area contributed by atoms with E-state index >= 15 is 0 Å². The number of fused-ring (bicyclic) bond motifs is 12. The van der Waals surface area contributed by atoms with Crippen LogP contribution in [-0.4, -0.2) is 13.1 Å². The summed E-state index contributed by atoms with van der Waals surface area (Å²) in [5, 5.41) is 2.27. The molecule has 2 aliphatic rings. The zero-order chi connectivity index (χ0) is 34.9. The van der Waals surface area contributed by atoms with E-state index in [0.717, 1.165) is 46.2 Å². The first-order valence-electron chi connectivity index (χ1n) is 18.4. The van der Waals surface area contributed by atoms with E-state index in [0.29, 0.717) is 0 Å². The van der Waals surface area contributed by atoms with E-state index in [1.807, 2.05) is 6.07 Å². The van der Waals surface area contributed by atoms with Gasteiger partial charge in [-0.25, -0.2) is 0 Å². The van der Waals surface area contributed by atoms with Gasteiger partial charge in [0, 0.05) is 40.8 Å². The highest BCUT2D eigenvalue weighted by Crippen LogP contribution is 2.54. The number of hydrogen-bond acceptors (Lipinski definition) is 3. The van der Waals surface area contributed by atoms with E-state index in [9.17, 15) is 0 Å². The zero-order valence-electron chi connectivity index (χ0n) is 29.0. The van der Waals surface area contributed by atoms with Crippen LogP contribution in [0, 0.1) is 0 Å². The largest absolute Gasteiger partial charge is 0.455 e. The SMILES string of the molecule is c1ccc(N2CCN(c3ccccc3)c3cc4c(cc32)-c2ccccc2-c2cccc(-c3cccc5c3oc3ccccc35)c2-c2ccccc2-4)cc1. The van der Waals surface area contributed by atoms with Gasteiger partial charge in [0.2, 0.25) is 0 Å². The minimum atomic E-state index is 0.872. The van der Waals surface area contributed by atoms with Gasteiger partial charge in [-0.05, 0) is 92.5 Å². The molecule has 1 aromatic heterocycles. The van der Waals surface area contributed by atoms with E-state index in [1.165, 1.54) is 67.3 Å². The molecule has 0 bridgehead atoms. The average molecular weight is 679 g/mol. The van der Waals surface area contributed by atoms with E-state index in [4.69, 9.17) is 4.42 Å².